The fourth-order valence-electron chi connectivity index (χ4n) is 3.86. The minimum atomic E-state index is -0.669. The molecule has 1 N–H and O–H groups in total. The zero-order valence-corrected chi connectivity index (χ0v) is 12.1. The molecule has 0 aromatic heterocycles. The van der Waals surface area contributed by atoms with Crippen molar-refractivity contribution in [2.75, 3.05) is 0 Å². The fourth-order valence-corrected chi connectivity index (χ4v) is 3.86. The van der Waals surface area contributed by atoms with Crippen LogP contribution in [0.5, 0.6) is 0 Å². The highest BCUT2D eigenvalue weighted by Crippen LogP contribution is 2.33. The molecule has 3 atom stereocenters. The Labute approximate surface area is 120 Å². The second-order valence-corrected chi connectivity index (χ2v) is 6.42. The minimum absolute atomic E-state index is 0.347. The van der Waals surface area contributed by atoms with Crippen LogP contribution in [0, 0.1) is 5.92 Å². The van der Waals surface area contributed by atoms with Crippen LogP contribution >= 0.6 is 0 Å². The van der Waals surface area contributed by atoms with Crippen LogP contribution in [0.25, 0.3) is 0 Å². The molecule has 1 saturated carbocycles. The lowest BCUT2D eigenvalue weighted by Crippen LogP contribution is -2.51. The van der Waals surface area contributed by atoms with E-state index in [0.717, 1.165) is 25.3 Å². The predicted molar refractivity (Wildman–Crippen MR) is 78.5 cm³/mol. The highest BCUT2D eigenvalue weighted by atomic mass is 16.4. The first-order valence-electron chi connectivity index (χ1n) is 7.70. The van der Waals surface area contributed by atoms with Crippen molar-refractivity contribution >= 4 is 5.97 Å². The smallest absolute Gasteiger partial charge is 0.321 e. The first-order valence-corrected chi connectivity index (χ1v) is 7.70. The summed E-state index contributed by atoms with van der Waals surface area (Å²) in [6.07, 6.45) is 5.47. The fraction of sp³-hybridized carbons (Fsp3) is 0.588. The van der Waals surface area contributed by atoms with Gasteiger partial charge in [-0.05, 0) is 36.3 Å². The summed E-state index contributed by atoms with van der Waals surface area (Å²) in [7, 11) is 0. The third kappa shape index (κ3) is 2.59. The first-order chi connectivity index (χ1) is 9.65. The van der Waals surface area contributed by atoms with Crippen LogP contribution in [-0.4, -0.2) is 28.1 Å². The molecule has 0 radical (unpaired) electrons. The molecule has 2 aliphatic rings. The molecular formula is C17H23NO2. The van der Waals surface area contributed by atoms with Gasteiger partial charge in [0, 0.05) is 12.6 Å². The molecule has 0 spiro atoms. The Morgan fingerprint density at radius 2 is 2.00 bits per heavy atom. The van der Waals surface area contributed by atoms with Gasteiger partial charge in [0.2, 0.25) is 0 Å². The third-order valence-electron chi connectivity index (χ3n) is 4.95. The van der Waals surface area contributed by atoms with E-state index >= 15 is 0 Å². The van der Waals surface area contributed by atoms with E-state index in [1.165, 1.54) is 24.0 Å². The van der Waals surface area contributed by atoms with Crippen molar-refractivity contribution in [3.05, 3.63) is 35.4 Å². The topological polar surface area (TPSA) is 40.5 Å². The van der Waals surface area contributed by atoms with Crippen LogP contribution in [0.4, 0.5) is 0 Å². The van der Waals surface area contributed by atoms with Gasteiger partial charge in [-0.3, -0.25) is 9.69 Å². The quantitative estimate of drug-likeness (QED) is 0.900. The van der Waals surface area contributed by atoms with E-state index in [4.69, 9.17) is 0 Å². The average Bonchev–Trinajstić information content (AvgIpc) is 2.46. The van der Waals surface area contributed by atoms with Crippen LogP contribution in [0.15, 0.2) is 24.3 Å². The summed E-state index contributed by atoms with van der Waals surface area (Å²) >= 11 is 0. The van der Waals surface area contributed by atoms with Gasteiger partial charge in [0.05, 0.1) is 0 Å². The van der Waals surface area contributed by atoms with Crippen LogP contribution in [0.1, 0.15) is 43.7 Å². The van der Waals surface area contributed by atoms with Gasteiger partial charge in [0.1, 0.15) is 6.04 Å². The Balaban J connectivity index is 1.86. The van der Waals surface area contributed by atoms with Crippen LogP contribution in [0.2, 0.25) is 0 Å². The molecule has 1 aliphatic heterocycles. The standard InChI is InChI=1S/C17H23NO2/c1-12-5-4-8-15(9-12)18-11-14-7-3-2-6-13(14)10-16(18)17(19)20/h2-3,6-7,12,15-16H,4-5,8-11H2,1H3,(H,19,20). The maximum atomic E-state index is 11.7. The van der Waals surface area contributed by atoms with E-state index in [-0.39, 0.29) is 6.04 Å². The van der Waals surface area contributed by atoms with E-state index in [9.17, 15) is 9.90 Å². The normalized spacial score (nSPS) is 30.8. The number of fused-ring (bicyclic) bond motifs is 1. The lowest BCUT2D eigenvalue weighted by atomic mass is 9.83. The summed E-state index contributed by atoms with van der Waals surface area (Å²) in [5.41, 5.74) is 2.52. The Bertz CT molecular complexity index is 500. The second kappa shape index (κ2) is 5.57. The molecule has 3 rings (SSSR count). The number of hydrogen-bond donors (Lipinski definition) is 1. The monoisotopic (exact) mass is 273 g/mol. The summed E-state index contributed by atoms with van der Waals surface area (Å²) in [6.45, 7) is 3.09. The summed E-state index contributed by atoms with van der Waals surface area (Å²) in [6, 6.07) is 8.38. The molecule has 1 heterocycles. The third-order valence-corrected chi connectivity index (χ3v) is 4.95. The number of aliphatic carboxylic acids is 1. The van der Waals surface area contributed by atoms with Crippen molar-refractivity contribution < 1.29 is 9.90 Å². The van der Waals surface area contributed by atoms with Crippen LogP contribution in [-0.2, 0) is 17.8 Å². The van der Waals surface area contributed by atoms with E-state index in [2.05, 4.69) is 30.0 Å². The summed E-state index contributed by atoms with van der Waals surface area (Å²) < 4.78 is 0. The molecule has 3 unspecified atom stereocenters. The van der Waals surface area contributed by atoms with Gasteiger partial charge in [0.25, 0.3) is 0 Å². The van der Waals surface area contributed by atoms with Gasteiger partial charge in [-0.15, -0.1) is 0 Å². The number of rotatable bonds is 2. The van der Waals surface area contributed by atoms with Crippen molar-refractivity contribution in [3.63, 3.8) is 0 Å². The van der Waals surface area contributed by atoms with E-state index < -0.39 is 5.97 Å². The molecular weight excluding hydrogens is 250 g/mol. The SMILES string of the molecule is CC1CCCC(N2Cc3ccccc3CC2C(=O)O)C1. The van der Waals surface area contributed by atoms with Crippen molar-refractivity contribution in [1.29, 1.82) is 0 Å². The van der Waals surface area contributed by atoms with Gasteiger partial charge >= 0.3 is 5.97 Å². The molecule has 0 amide bonds. The predicted octanol–water partition coefficient (Wildman–Crippen LogP) is 3.08. The average molecular weight is 273 g/mol. The minimum Gasteiger partial charge on any atom is -0.480 e. The molecule has 3 heteroatoms. The van der Waals surface area contributed by atoms with Crippen LogP contribution in [0.3, 0.4) is 0 Å². The number of carboxylic acid groups (broad SMARTS) is 1. The molecule has 3 nitrogen and oxygen atoms in total. The van der Waals surface area contributed by atoms with Crippen molar-refractivity contribution in [3.8, 4) is 0 Å². The molecule has 0 bridgehead atoms. The Hall–Kier alpha value is -1.35. The van der Waals surface area contributed by atoms with Gasteiger partial charge in [-0.2, -0.15) is 0 Å². The maximum Gasteiger partial charge on any atom is 0.321 e. The molecule has 20 heavy (non-hydrogen) atoms. The van der Waals surface area contributed by atoms with Crippen LogP contribution < -0.4 is 0 Å². The van der Waals surface area contributed by atoms with E-state index in [1.54, 1.807) is 0 Å². The summed E-state index contributed by atoms with van der Waals surface area (Å²) in [5, 5.41) is 9.59. The number of benzene rings is 1. The van der Waals surface area contributed by atoms with E-state index in [1.807, 2.05) is 6.07 Å². The molecule has 108 valence electrons. The molecule has 1 aromatic carbocycles. The van der Waals surface area contributed by atoms with Gasteiger partial charge in [-0.1, -0.05) is 44.0 Å². The Morgan fingerprint density at radius 1 is 1.25 bits per heavy atom. The Morgan fingerprint density at radius 3 is 2.70 bits per heavy atom. The summed E-state index contributed by atoms with van der Waals surface area (Å²) in [5.74, 6) is 0.0538. The van der Waals surface area contributed by atoms with Gasteiger partial charge < -0.3 is 5.11 Å². The zero-order valence-electron chi connectivity index (χ0n) is 12.1. The highest BCUT2D eigenvalue weighted by molar-refractivity contribution is 5.74. The number of nitrogens with zero attached hydrogens (tertiary/aromatic N) is 1. The lowest BCUT2D eigenvalue weighted by molar-refractivity contribution is -0.145. The van der Waals surface area contributed by atoms with Crippen molar-refractivity contribution in [2.24, 2.45) is 5.92 Å². The summed E-state index contributed by atoms with van der Waals surface area (Å²) in [4.78, 5) is 13.9. The number of carbonyl (C=O) groups is 1. The van der Waals surface area contributed by atoms with Crippen molar-refractivity contribution in [2.45, 2.75) is 57.7 Å². The zero-order chi connectivity index (χ0) is 14.1. The number of hydrogen-bond acceptors (Lipinski definition) is 2. The van der Waals surface area contributed by atoms with Gasteiger partial charge in [-0.25, -0.2) is 0 Å². The Kier molecular flexibility index (Phi) is 3.79. The van der Waals surface area contributed by atoms with Gasteiger partial charge in [0.15, 0.2) is 0 Å². The lowest BCUT2D eigenvalue weighted by Gasteiger charge is -2.42. The molecule has 0 saturated heterocycles. The second-order valence-electron chi connectivity index (χ2n) is 6.42. The molecule has 1 fully saturated rings. The van der Waals surface area contributed by atoms with E-state index in [0.29, 0.717) is 12.5 Å². The largest absolute Gasteiger partial charge is 0.480 e. The maximum absolute atomic E-state index is 11.7. The first kappa shape index (κ1) is 13.6. The van der Waals surface area contributed by atoms with Crippen molar-refractivity contribution in [1.82, 2.24) is 4.90 Å². The molecule has 1 aliphatic carbocycles. The number of carboxylic acids is 1. The highest BCUT2D eigenvalue weighted by Gasteiger charge is 2.36. The molecule has 1 aromatic rings.